The second kappa shape index (κ2) is 7.02. The van der Waals surface area contributed by atoms with E-state index < -0.39 is 0 Å². The number of nitrogens with zero attached hydrogens (tertiary/aromatic N) is 1. The van der Waals surface area contributed by atoms with E-state index in [1.807, 2.05) is 5.38 Å². The van der Waals surface area contributed by atoms with Gasteiger partial charge in [-0.1, -0.05) is 0 Å². The third-order valence-electron chi connectivity index (χ3n) is 2.64. The summed E-state index contributed by atoms with van der Waals surface area (Å²) in [6.45, 7) is 2.07. The van der Waals surface area contributed by atoms with Gasteiger partial charge in [0.2, 0.25) is 0 Å². The summed E-state index contributed by atoms with van der Waals surface area (Å²) in [5.41, 5.74) is 3.17. The topological polar surface area (TPSA) is 71.5 Å². The summed E-state index contributed by atoms with van der Waals surface area (Å²) in [6, 6.07) is 6.60. The molecule has 5 nitrogen and oxygen atoms in total. The molecule has 1 amide bonds. The van der Waals surface area contributed by atoms with Crippen LogP contribution in [0.5, 0.6) is 5.75 Å². The molecule has 6 heteroatoms. The summed E-state index contributed by atoms with van der Waals surface area (Å²) in [7, 11) is 0. The van der Waals surface area contributed by atoms with Gasteiger partial charge in [0.15, 0.2) is 0 Å². The van der Waals surface area contributed by atoms with Crippen LogP contribution in [-0.4, -0.2) is 28.6 Å². The molecule has 2 aromatic rings. The summed E-state index contributed by atoms with van der Waals surface area (Å²) in [4.78, 5) is 15.9. The van der Waals surface area contributed by atoms with E-state index in [-0.39, 0.29) is 18.6 Å². The molecule has 0 spiro atoms. The number of amides is 1. The lowest BCUT2D eigenvalue weighted by molar-refractivity contribution is 0.0922. The minimum absolute atomic E-state index is 0.0828. The Morgan fingerprint density at radius 2 is 2.20 bits per heavy atom. The van der Waals surface area contributed by atoms with Crippen LogP contribution in [0.4, 0.5) is 0 Å². The molecule has 1 unspecified atom stereocenters. The summed E-state index contributed by atoms with van der Waals surface area (Å²) >= 11 is 1.52. The summed E-state index contributed by atoms with van der Waals surface area (Å²) in [5, 5.41) is 13.5. The lowest BCUT2D eigenvalue weighted by Gasteiger charge is -2.11. The van der Waals surface area contributed by atoms with Crippen LogP contribution in [0.1, 0.15) is 23.0 Å². The number of thiazole rings is 1. The Morgan fingerprint density at radius 3 is 2.80 bits per heavy atom. The summed E-state index contributed by atoms with van der Waals surface area (Å²) in [5.74, 6) is 0.474. The van der Waals surface area contributed by atoms with Crippen LogP contribution in [0.3, 0.4) is 0 Å². The van der Waals surface area contributed by atoms with Crippen molar-refractivity contribution in [3.8, 4) is 5.75 Å². The summed E-state index contributed by atoms with van der Waals surface area (Å²) in [6.07, 6.45) is 0. The first-order chi connectivity index (χ1) is 9.69. The fourth-order valence-corrected chi connectivity index (χ4v) is 2.06. The zero-order valence-corrected chi connectivity index (χ0v) is 11.9. The fraction of sp³-hybridized carbons (Fsp3) is 0.286. The predicted molar refractivity (Wildman–Crippen MR) is 76.9 cm³/mol. The van der Waals surface area contributed by atoms with Gasteiger partial charge in [0, 0.05) is 17.0 Å². The van der Waals surface area contributed by atoms with Gasteiger partial charge in [-0.15, -0.1) is 11.3 Å². The van der Waals surface area contributed by atoms with Crippen LogP contribution in [-0.2, 0) is 6.61 Å². The van der Waals surface area contributed by atoms with Gasteiger partial charge in [-0.05, 0) is 31.2 Å². The van der Waals surface area contributed by atoms with E-state index in [1.165, 1.54) is 11.3 Å². The highest BCUT2D eigenvalue weighted by Gasteiger charge is 2.08. The molecule has 0 aliphatic rings. The van der Waals surface area contributed by atoms with Gasteiger partial charge in [-0.3, -0.25) is 4.79 Å². The van der Waals surface area contributed by atoms with Crippen LogP contribution in [0, 0.1) is 0 Å². The first-order valence-corrected chi connectivity index (χ1v) is 7.15. The molecule has 0 saturated heterocycles. The van der Waals surface area contributed by atoms with E-state index in [2.05, 4.69) is 10.3 Å². The van der Waals surface area contributed by atoms with Crippen molar-refractivity contribution in [2.45, 2.75) is 19.6 Å². The predicted octanol–water partition coefficient (Wildman–Crippen LogP) is 1.83. The van der Waals surface area contributed by atoms with Gasteiger partial charge in [0.1, 0.15) is 12.4 Å². The second-order valence-electron chi connectivity index (χ2n) is 4.35. The Morgan fingerprint density at radius 1 is 1.45 bits per heavy atom. The zero-order valence-electron chi connectivity index (χ0n) is 11.1. The van der Waals surface area contributed by atoms with Crippen LogP contribution < -0.4 is 10.1 Å². The van der Waals surface area contributed by atoms with Crippen molar-refractivity contribution in [1.29, 1.82) is 0 Å². The molecule has 1 heterocycles. The first-order valence-electron chi connectivity index (χ1n) is 6.20. The van der Waals surface area contributed by atoms with Gasteiger partial charge in [-0.25, -0.2) is 4.98 Å². The molecule has 0 fully saturated rings. The molecular formula is C14H16N2O3S. The Labute approximate surface area is 121 Å². The molecule has 1 atom stereocenters. The molecule has 0 radical (unpaired) electrons. The smallest absolute Gasteiger partial charge is 0.251 e. The number of nitrogens with one attached hydrogen (secondary N) is 1. The van der Waals surface area contributed by atoms with E-state index >= 15 is 0 Å². The van der Waals surface area contributed by atoms with Crippen molar-refractivity contribution in [3.05, 3.63) is 46.4 Å². The molecule has 2 rings (SSSR count). The van der Waals surface area contributed by atoms with Crippen molar-refractivity contribution in [2.75, 3.05) is 6.61 Å². The molecule has 0 aliphatic carbocycles. The van der Waals surface area contributed by atoms with Crippen LogP contribution in [0.25, 0.3) is 0 Å². The van der Waals surface area contributed by atoms with Crippen molar-refractivity contribution in [1.82, 2.24) is 10.3 Å². The Balaban J connectivity index is 1.90. The zero-order chi connectivity index (χ0) is 14.4. The highest BCUT2D eigenvalue weighted by molar-refractivity contribution is 7.07. The van der Waals surface area contributed by atoms with Crippen LogP contribution >= 0.6 is 11.3 Å². The number of carbonyl (C=O) groups excluding carboxylic acids is 1. The van der Waals surface area contributed by atoms with Gasteiger partial charge in [0.25, 0.3) is 5.91 Å². The molecule has 0 aliphatic heterocycles. The normalized spacial score (nSPS) is 11.9. The number of hydrogen-bond donors (Lipinski definition) is 2. The monoisotopic (exact) mass is 292 g/mol. The minimum atomic E-state index is -0.261. The van der Waals surface area contributed by atoms with Crippen LogP contribution in [0.15, 0.2) is 35.2 Å². The van der Waals surface area contributed by atoms with Gasteiger partial charge in [-0.2, -0.15) is 0 Å². The van der Waals surface area contributed by atoms with Crippen molar-refractivity contribution in [3.63, 3.8) is 0 Å². The first kappa shape index (κ1) is 14.5. The maximum absolute atomic E-state index is 11.8. The lowest BCUT2D eigenvalue weighted by atomic mass is 10.2. The number of ether oxygens (including phenoxy) is 1. The highest BCUT2D eigenvalue weighted by atomic mass is 32.1. The molecular weight excluding hydrogens is 276 g/mol. The standard InChI is InChI=1S/C14H16N2O3S/c1-10(6-17)16-14(18)11-2-4-13(5-3-11)19-7-12-8-20-9-15-12/h2-5,8-10,17H,6-7H2,1H3,(H,16,18). The fourth-order valence-electron chi connectivity index (χ4n) is 1.52. The molecule has 0 bridgehead atoms. The number of aliphatic hydroxyl groups is 1. The van der Waals surface area contributed by atoms with E-state index in [0.717, 1.165) is 5.69 Å². The van der Waals surface area contributed by atoms with Crippen LogP contribution in [0.2, 0.25) is 0 Å². The van der Waals surface area contributed by atoms with Gasteiger partial charge >= 0.3 is 0 Å². The maximum Gasteiger partial charge on any atom is 0.251 e. The molecule has 20 heavy (non-hydrogen) atoms. The quantitative estimate of drug-likeness (QED) is 0.852. The van der Waals surface area contributed by atoms with E-state index in [9.17, 15) is 4.79 Å². The molecule has 1 aromatic carbocycles. The number of aliphatic hydroxyl groups excluding tert-OH is 1. The Kier molecular flexibility index (Phi) is 5.09. The van der Waals surface area contributed by atoms with Gasteiger partial charge in [0.05, 0.1) is 17.8 Å². The molecule has 0 saturated carbocycles. The molecule has 2 N–H and O–H groups in total. The Bertz CT molecular complexity index is 540. The average molecular weight is 292 g/mol. The lowest BCUT2D eigenvalue weighted by Crippen LogP contribution is -2.34. The SMILES string of the molecule is CC(CO)NC(=O)c1ccc(OCc2cscn2)cc1. The molecule has 1 aromatic heterocycles. The third-order valence-corrected chi connectivity index (χ3v) is 3.27. The minimum Gasteiger partial charge on any atom is -0.487 e. The number of benzene rings is 1. The van der Waals surface area contributed by atoms with Crippen molar-refractivity contribution in [2.24, 2.45) is 0 Å². The number of carbonyl (C=O) groups is 1. The maximum atomic E-state index is 11.8. The van der Waals surface area contributed by atoms with Crippen molar-refractivity contribution < 1.29 is 14.6 Å². The van der Waals surface area contributed by atoms with Crippen molar-refractivity contribution >= 4 is 17.2 Å². The number of rotatable bonds is 6. The van der Waals surface area contributed by atoms with E-state index in [0.29, 0.717) is 17.9 Å². The summed E-state index contributed by atoms with van der Waals surface area (Å²) < 4.78 is 5.56. The van der Waals surface area contributed by atoms with E-state index in [1.54, 1.807) is 36.7 Å². The second-order valence-corrected chi connectivity index (χ2v) is 5.07. The largest absolute Gasteiger partial charge is 0.487 e. The molecule has 106 valence electrons. The average Bonchev–Trinajstić information content (AvgIpc) is 2.98. The third kappa shape index (κ3) is 4.04. The Hall–Kier alpha value is -1.92. The van der Waals surface area contributed by atoms with Gasteiger partial charge < -0.3 is 15.2 Å². The highest BCUT2D eigenvalue weighted by Crippen LogP contribution is 2.14. The van der Waals surface area contributed by atoms with E-state index in [4.69, 9.17) is 9.84 Å². The number of hydrogen-bond acceptors (Lipinski definition) is 5. The number of aromatic nitrogens is 1.